The largest absolute Gasteiger partial charge is 0.146 e. The van der Waals surface area contributed by atoms with Crippen LogP contribution >= 0.6 is 16.9 Å². The average Bonchev–Trinajstić information content (AvgIpc) is 1.38. The van der Waals surface area contributed by atoms with Gasteiger partial charge in [0.2, 0.25) is 0 Å². The highest BCUT2D eigenvalue weighted by molar-refractivity contribution is 7.61. The Balaban J connectivity index is 3.35. The zero-order valence-corrected chi connectivity index (χ0v) is 5.08. The maximum Gasteiger partial charge on any atom is -0.00773 e. The molecule has 0 saturated carbocycles. The van der Waals surface area contributed by atoms with Crippen LogP contribution in [0.25, 0.3) is 0 Å². The van der Waals surface area contributed by atoms with Crippen molar-refractivity contribution < 1.29 is 0 Å². The van der Waals surface area contributed by atoms with Crippen molar-refractivity contribution in [3.63, 3.8) is 0 Å². The highest BCUT2D eigenvalue weighted by atomic mass is 31.1. The lowest BCUT2D eigenvalue weighted by Gasteiger charge is -1.67. The fourth-order valence-corrected chi connectivity index (χ4v) is 0. The molecule has 0 bridgehead atoms. The number of hydrogen-bond donors (Lipinski definition) is 0. The second-order valence-corrected chi connectivity index (χ2v) is 3.06. The molecule has 0 spiro atoms. The SMILES string of the molecule is C#[PH]C(C)=P. The fourth-order valence-electron chi connectivity index (χ4n) is 0. The van der Waals surface area contributed by atoms with E-state index in [0.717, 1.165) is 5.03 Å². The summed E-state index contributed by atoms with van der Waals surface area (Å²) in [6.45, 7) is 1.94. The van der Waals surface area contributed by atoms with Gasteiger partial charge in [-0.15, -0.1) is 15.0 Å². The molecule has 0 rings (SSSR count). The van der Waals surface area contributed by atoms with Crippen molar-refractivity contribution in [1.82, 2.24) is 0 Å². The molecule has 5 heavy (non-hydrogen) atoms. The van der Waals surface area contributed by atoms with Crippen molar-refractivity contribution >= 4 is 21.9 Å². The second kappa shape index (κ2) is 2.49. The minimum absolute atomic E-state index is 0.444. The molecule has 0 saturated heterocycles. The lowest BCUT2D eigenvalue weighted by molar-refractivity contribution is 2.11. The summed E-state index contributed by atoms with van der Waals surface area (Å²) in [5.74, 6) is 0. The van der Waals surface area contributed by atoms with E-state index in [1.807, 2.05) is 6.92 Å². The van der Waals surface area contributed by atoms with Crippen LogP contribution in [0.3, 0.4) is 0 Å². The van der Waals surface area contributed by atoms with Crippen LogP contribution in [0.2, 0.25) is 0 Å². The molecule has 0 N–H and O–H groups in total. The predicted octanol–water partition coefficient (Wildman–Crippen LogP) is 1.55. The van der Waals surface area contributed by atoms with Crippen molar-refractivity contribution in [1.29, 1.82) is 0 Å². The Morgan fingerprint density at radius 1 is 2.00 bits per heavy atom. The second-order valence-electron chi connectivity index (χ2n) is 0.769. The van der Waals surface area contributed by atoms with E-state index in [0.29, 0.717) is 8.04 Å². The van der Waals surface area contributed by atoms with Crippen LogP contribution in [0.1, 0.15) is 6.92 Å². The molecule has 0 fully saturated rings. The zero-order chi connectivity index (χ0) is 4.28. The normalized spacial score (nSPS) is 8.00. The third kappa shape index (κ3) is 4.25. The third-order valence-electron chi connectivity index (χ3n) is 0.217. The van der Waals surface area contributed by atoms with Crippen molar-refractivity contribution in [3.8, 4) is 6.13 Å². The van der Waals surface area contributed by atoms with E-state index in [1.165, 1.54) is 0 Å². The van der Waals surface area contributed by atoms with Gasteiger partial charge in [-0.2, -0.15) is 0 Å². The summed E-state index contributed by atoms with van der Waals surface area (Å²) >= 11 is 0. The molecule has 0 aromatic carbocycles. The summed E-state index contributed by atoms with van der Waals surface area (Å²) < 4.78 is 0. The van der Waals surface area contributed by atoms with E-state index in [2.05, 4.69) is 8.86 Å². The maximum atomic E-state index is 5.11. The smallest absolute Gasteiger partial charge is 0.00773 e. The van der Waals surface area contributed by atoms with Gasteiger partial charge in [0.15, 0.2) is 0 Å². The average molecular weight is 104 g/mol. The number of hydrogen-bond acceptors (Lipinski definition) is 0. The van der Waals surface area contributed by atoms with Crippen LogP contribution in [-0.2, 0) is 0 Å². The van der Waals surface area contributed by atoms with Gasteiger partial charge in [-0.25, -0.2) is 0 Å². The standard InChI is InChI=1S/C3H6P2/c1-3(4)5-2/h2,4-5H,1H3. The van der Waals surface area contributed by atoms with E-state index < -0.39 is 0 Å². The summed E-state index contributed by atoms with van der Waals surface area (Å²) in [7, 11) is 3.66. The van der Waals surface area contributed by atoms with Crippen LogP contribution in [0.4, 0.5) is 0 Å². The first kappa shape index (κ1) is 5.25. The molecule has 28 valence electrons. The summed E-state index contributed by atoms with van der Waals surface area (Å²) in [5, 5.41) is 1.12. The van der Waals surface area contributed by atoms with E-state index in [9.17, 15) is 0 Å². The predicted molar refractivity (Wildman–Crippen MR) is 32.3 cm³/mol. The first-order valence-corrected chi connectivity index (χ1v) is 2.87. The van der Waals surface area contributed by atoms with Crippen molar-refractivity contribution in [3.05, 3.63) is 0 Å². The van der Waals surface area contributed by atoms with E-state index in [-0.39, 0.29) is 0 Å². The van der Waals surface area contributed by atoms with Gasteiger partial charge in [0.25, 0.3) is 0 Å². The van der Waals surface area contributed by atoms with Crippen LogP contribution in [0.15, 0.2) is 0 Å². The monoisotopic (exact) mass is 104 g/mol. The van der Waals surface area contributed by atoms with Crippen LogP contribution in [-0.4, -0.2) is 5.03 Å². The highest BCUT2D eigenvalue weighted by Crippen LogP contribution is 1.91. The molecule has 0 aliphatic rings. The van der Waals surface area contributed by atoms with Crippen molar-refractivity contribution in [2.75, 3.05) is 0 Å². The first-order chi connectivity index (χ1) is 2.27. The Bertz CT molecular complexity index is 77.4. The first-order valence-electron chi connectivity index (χ1n) is 1.29. The van der Waals surface area contributed by atoms with Gasteiger partial charge < -0.3 is 0 Å². The molecule has 1 atom stereocenters. The number of rotatable bonds is 0. The maximum absolute atomic E-state index is 5.11. The van der Waals surface area contributed by atoms with Gasteiger partial charge >= 0.3 is 0 Å². The van der Waals surface area contributed by atoms with Crippen molar-refractivity contribution in [2.45, 2.75) is 6.92 Å². The Labute approximate surface area is 35.9 Å². The molecule has 0 aliphatic carbocycles. The molecule has 0 heterocycles. The fraction of sp³-hybridized carbons (Fsp3) is 0.333. The molecule has 0 aromatic rings. The molecule has 2 heteroatoms. The van der Waals surface area contributed by atoms with Crippen LogP contribution < -0.4 is 0 Å². The Kier molecular flexibility index (Phi) is 2.61. The molecule has 0 aliphatic heterocycles. The van der Waals surface area contributed by atoms with Gasteiger partial charge in [0.1, 0.15) is 0 Å². The highest BCUT2D eigenvalue weighted by Gasteiger charge is 1.58. The van der Waals surface area contributed by atoms with Gasteiger partial charge in [-0.3, -0.25) is 0 Å². The summed E-state index contributed by atoms with van der Waals surface area (Å²) in [5.41, 5.74) is 0. The molecule has 0 radical (unpaired) electrons. The molecule has 0 aromatic heterocycles. The summed E-state index contributed by atoms with van der Waals surface area (Å²) in [6.07, 6.45) is 5.11. The lowest BCUT2D eigenvalue weighted by Crippen LogP contribution is -1.54. The van der Waals surface area contributed by atoms with Crippen LogP contribution in [0.5, 0.6) is 0 Å². The zero-order valence-electron chi connectivity index (χ0n) is 3.08. The van der Waals surface area contributed by atoms with E-state index in [1.54, 1.807) is 0 Å². The topological polar surface area (TPSA) is 0 Å². The lowest BCUT2D eigenvalue weighted by atomic mass is 11.0. The molecule has 0 nitrogen and oxygen atoms in total. The van der Waals surface area contributed by atoms with Gasteiger partial charge in [-0.05, 0) is 12.0 Å². The molecule has 1 unspecified atom stereocenters. The minimum atomic E-state index is 0.444. The molecular formula is C3H6P2. The van der Waals surface area contributed by atoms with E-state index >= 15 is 0 Å². The summed E-state index contributed by atoms with van der Waals surface area (Å²) in [6, 6.07) is 0. The van der Waals surface area contributed by atoms with Gasteiger partial charge in [0.05, 0.1) is 0 Å². The van der Waals surface area contributed by atoms with E-state index in [4.69, 9.17) is 6.13 Å². The molecular weight excluding hydrogens is 98.0 g/mol. The van der Waals surface area contributed by atoms with Crippen molar-refractivity contribution in [2.24, 2.45) is 0 Å². The van der Waals surface area contributed by atoms with Gasteiger partial charge in [-0.1, -0.05) is 8.04 Å². The Hall–Kier alpha value is 0.250. The minimum Gasteiger partial charge on any atom is -0.146 e. The quantitative estimate of drug-likeness (QED) is 0.409. The Morgan fingerprint density at radius 2 is 2.20 bits per heavy atom. The Morgan fingerprint density at radius 3 is 2.20 bits per heavy atom. The van der Waals surface area contributed by atoms with Crippen LogP contribution in [0, 0.1) is 6.13 Å². The van der Waals surface area contributed by atoms with Gasteiger partial charge in [0, 0.05) is 0 Å². The molecule has 0 amide bonds. The third-order valence-corrected chi connectivity index (χ3v) is 1.08. The summed E-state index contributed by atoms with van der Waals surface area (Å²) in [4.78, 5) is 0.